The van der Waals surface area contributed by atoms with Gasteiger partial charge in [-0.05, 0) is 57.4 Å². The SMILES string of the molecule is CC(C)c1nnc(C(C)(C)C)n1C1CC2CCC(C1)N2C(C)(C)C[C@H](C)c1ccccc1. The molecule has 1 aromatic carbocycles. The molecule has 3 heterocycles. The molecule has 0 saturated carbocycles. The first-order chi connectivity index (χ1) is 15.0. The second kappa shape index (κ2) is 8.59. The third kappa shape index (κ3) is 4.40. The molecule has 2 unspecified atom stereocenters. The Kier molecular flexibility index (Phi) is 6.30. The Morgan fingerprint density at radius 2 is 1.47 bits per heavy atom. The molecule has 2 aliphatic heterocycles. The third-order valence-corrected chi connectivity index (χ3v) is 7.86. The zero-order chi connectivity index (χ0) is 23.3. The summed E-state index contributed by atoms with van der Waals surface area (Å²) in [5.41, 5.74) is 1.68. The van der Waals surface area contributed by atoms with Gasteiger partial charge in [0.1, 0.15) is 11.6 Å². The van der Waals surface area contributed by atoms with Gasteiger partial charge in [0, 0.05) is 35.0 Å². The minimum Gasteiger partial charge on any atom is -0.311 e. The van der Waals surface area contributed by atoms with Crippen LogP contribution in [-0.4, -0.2) is 37.3 Å². The lowest BCUT2D eigenvalue weighted by Gasteiger charge is -2.50. The second-order valence-corrected chi connectivity index (χ2v) is 12.4. The number of hydrogen-bond acceptors (Lipinski definition) is 3. The van der Waals surface area contributed by atoms with Crippen LogP contribution in [0.3, 0.4) is 0 Å². The molecule has 2 aromatic rings. The van der Waals surface area contributed by atoms with E-state index in [4.69, 9.17) is 5.10 Å². The van der Waals surface area contributed by atoms with E-state index < -0.39 is 0 Å². The molecule has 0 aliphatic carbocycles. The molecule has 0 spiro atoms. The molecule has 1 aromatic heterocycles. The van der Waals surface area contributed by atoms with Gasteiger partial charge < -0.3 is 4.57 Å². The van der Waals surface area contributed by atoms with Gasteiger partial charge >= 0.3 is 0 Å². The summed E-state index contributed by atoms with van der Waals surface area (Å²) in [4.78, 5) is 2.90. The lowest BCUT2D eigenvalue weighted by molar-refractivity contribution is 0.00551. The van der Waals surface area contributed by atoms with Gasteiger partial charge in [-0.15, -0.1) is 10.2 Å². The van der Waals surface area contributed by atoms with E-state index in [0.717, 1.165) is 5.82 Å². The third-order valence-electron chi connectivity index (χ3n) is 7.86. The van der Waals surface area contributed by atoms with E-state index in [2.05, 4.69) is 100 Å². The fourth-order valence-electron chi connectivity index (χ4n) is 6.67. The topological polar surface area (TPSA) is 34.0 Å². The number of piperidine rings is 1. The fraction of sp³-hybridized carbons (Fsp3) is 0.714. The highest BCUT2D eigenvalue weighted by atomic mass is 15.3. The predicted molar refractivity (Wildman–Crippen MR) is 133 cm³/mol. The van der Waals surface area contributed by atoms with Gasteiger partial charge in [0.25, 0.3) is 0 Å². The maximum atomic E-state index is 4.69. The smallest absolute Gasteiger partial charge is 0.138 e. The van der Waals surface area contributed by atoms with Gasteiger partial charge in [0.05, 0.1) is 0 Å². The van der Waals surface area contributed by atoms with Crippen molar-refractivity contribution in [1.82, 2.24) is 19.7 Å². The van der Waals surface area contributed by atoms with Gasteiger partial charge in [-0.2, -0.15) is 0 Å². The normalized spacial score (nSPS) is 25.5. The van der Waals surface area contributed by atoms with Crippen LogP contribution in [0.2, 0.25) is 0 Å². The van der Waals surface area contributed by atoms with Gasteiger partial charge in [-0.3, -0.25) is 4.90 Å². The molecule has 176 valence electrons. The molecular formula is C28H44N4. The monoisotopic (exact) mass is 436 g/mol. The van der Waals surface area contributed by atoms with Crippen molar-refractivity contribution in [3.63, 3.8) is 0 Å². The Morgan fingerprint density at radius 3 is 2.00 bits per heavy atom. The minimum atomic E-state index is 0.0146. The van der Waals surface area contributed by atoms with Crippen molar-refractivity contribution in [2.75, 3.05) is 0 Å². The standard InChI is InChI=1S/C28H44N4/c1-19(2)25-29-30-26(27(4,5)6)31(25)24-16-22-14-15-23(17-24)32(22)28(7,8)18-20(3)21-12-10-9-11-13-21/h9-13,19-20,22-24H,14-18H2,1-8H3/t20-,22?,23?,24?/m0/s1. The summed E-state index contributed by atoms with van der Waals surface area (Å²) in [5, 5.41) is 9.36. The minimum absolute atomic E-state index is 0.0146. The Labute approximate surface area is 195 Å². The van der Waals surface area contributed by atoms with Crippen LogP contribution in [0.25, 0.3) is 0 Å². The van der Waals surface area contributed by atoms with Crippen molar-refractivity contribution < 1.29 is 0 Å². The lowest BCUT2D eigenvalue weighted by atomic mass is 9.82. The zero-order valence-corrected chi connectivity index (χ0v) is 21.6. The van der Waals surface area contributed by atoms with E-state index in [1.54, 1.807) is 0 Å². The number of hydrogen-bond donors (Lipinski definition) is 0. The predicted octanol–water partition coefficient (Wildman–Crippen LogP) is 6.84. The fourth-order valence-corrected chi connectivity index (χ4v) is 6.67. The second-order valence-electron chi connectivity index (χ2n) is 12.4. The molecule has 4 rings (SSSR count). The summed E-state index contributed by atoms with van der Waals surface area (Å²) in [7, 11) is 0. The maximum Gasteiger partial charge on any atom is 0.138 e. The number of benzene rings is 1. The molecule has 0 radical (unpaired) electrons. The first kappa shape index (κ1) is 23.5. The number of rotatable bonds is 6. The largest absolute Gasteiger partial charge is 0.311 e. The van der Waals surface area contributed by atoms with Crippen LogP contribution in [0, 0.1) is 0 Å². The Balaban J connectivity index is 1.56. The van der Waals surface area contributed by atoms with Crippen LogP contribution in [0.5, 0.6) is 0 Å². The molecule has 4 nitrogen and oxygen atoms in total. The van der Waals surface area contributed by atoms with Gasteiger partial charge in [-0.1, -0.05) is 71.9 Å². The van der Waals surface area contributed by atoms with E-state index >= 15 is 0 Å². The van der Waals surface area contributed by atoms with Crippen LogP contribution in [0.4, 0.5) is 0 Å². The number of fused-ring (bicyclic) bond motifs is 2. The summed E-state index contributed by atoms with van der Waals surface area (Å²) in [6.45, 7) is 18.7. The molecule has 2 fully saturated rings. The van der Waals surface area contributed by atoms with E-state index in [9.17, 15) is 0 Å². The zero-order valence-electron chi connectivity index (χ0n) is 21.6. The van der Waals surface area contributed by atoms with Crippen molar-refractivity contribution in [2.24, 2.45) is 0 Å². The molecule has 0 N–H and O–H groups in total. The Hall–Kier alpha value is -1.68. The summed E-state index contributed by atoms with van der Waals surface area (Å²) in [6, 6.07) is 12.9. The number of aromatic nitrogens is 3. The average molecular weight is 437 g/mol. The van der Waals surface area contributed by atoms with E-state index in [1.807, 2.05) is 0 Å². The molecule has 32 heavy (non-hydrogen) atoms. The molecule has 2 saturated heterocycles. The van der Waals surface area contributed by atoms with E-state index in [0.29, 0.717) is 30.0 Å². The van der Waals surface area contributed by atoms with Gasteiger partial charge in [0.15, 0.2) is 0 Å². The highest BCUT2D eigenvalue weighted by molar-refractivity contribution is 5.20. The first-order valence-corrected chi connectivity index (χ1v) is 12.8. The molecule has 2 aliphatic rings. The lowest BCUT2D eigenvalue weighted by Crippen LogP contribution is -2.55. The summed E-state index contributed by atoms with van der Waals surface area (Å²) in [5.74, 6) is 3.30. The molecule has 4 heteroatoms. The van der Waals surface area contributed by atoms with Crippen LogP contribution >= 0.6 is 0 Å². The Bertz CT molecular complexity index is 891. The summed E-state index contributed by atoms with van der Waals surface area (Å²) < 4.78 is 2.55. The highest BCUT2D eigenvalue weighted by Crippen LogP contribution is 2.47. The van der Waals surface area contributed by atoms with Crippen molar-refractivity contribution in [2.45, 2.75) is 128 Å². The van der Waals surface area contributed by atoms with Crippen molar-refractivity contribution in [3.8, 4) is 0 Å². The molecule has 3 atom stereocenters. The van der Waals surface area contributed by atoms with Crippen molar-refractivity contribution in [1.29, 1.82) is 0 Å². The summed E-state index contributed by atoms with van der Waals surface area (Å²) >= 11 is 0. The number of nitrogens with zero attached hydrogens (tertiary/aromatic N) is 4. The van der Waals surface area contributed by atoms with Crippen LogP contribution in [-0.2, 0) is 5.41 Å². The average Bonchev–Trinajstić information content (AvgIpc) is 3.28. The van der Waals surface area contributed by atoms with E-state index in [1.165, 1.54) is 43.5 Å². The van der Waals surface area contributed by atoms with Gasteiger partial charge in [0.2, 0.25) is 0 Å². The first-order valence-electron chi connectivity index (χ1n) is 12.8. The van der Waals surface area contributed by atoms with Crippen LogP contribution < -0.4 is 0 Å². The van der Waals surface area contributed by atoms with Crippen molar-refractivity contribution in [3.05, 3.63) is 47.5 Å². The summed E-state index contributed by atoms with van der Waals surface area (Å²) in [6.07, 6.45) is 6.30. The highest BCUT2D eigenvalue weighted by Gasteiger charge is 2.48. The Morgan fingerprint density at radius 1 is 0.875 bits per heavy atom. The van der Waals surface area contributed by atoms with Gasteiger partial charge in [-0.25, -0.2) is 0 Å². The quantitative estimate of drug-likeness (QED) is 0.497. The molecule has 0 amide bonds. The van der Waals surface area contributed by atoms with Crippen LogP contribution in [0.1, 0.15) is 123 Å². The maximum absolute atomic E-state index is 4.69. The van der Waals surface area contributed by atoms with Crippen LogP contribution in [0.15, 0.2) is 30.3 Å². The van der Waals surface area contributed by atoms with Crippen molar-refractivity contribution >= 4 is 0 Å². The molecule has 2 bridgehead atoms. The molecular weight excluding hydrogens is 392 g/mol. The van der Waals surface area contributed by atoms with E-state index in [-0.39, 0.29) is 11.0 Å².